The summed E-state index contributed by atoms with van der Waals surface area (Å²) in [6.45, 7) is 4.71. The van der Waals surface area contributed by atoms with Crippen molar-refractivity contribution in [1.29, 1.82) is 0 Å². The number of amides is 1. The van der Waals surface area contributed by atoms with Crippen molar-refractivity contribution in [2.24, 2.45) is 0 Å². The van der Waals surface area contributed by atoms with Gasteiger partial charge in [-0.05, 0) is 25.5 Å². The largest absolute Gasteiger partial charge is 0.305 e. The number of nitrogens with one attached hydrogen (secondary N) is 1. The van der Waals surface area contributed by atoms with Gasteiger partial charge in [-0.3, -0.25) is 9.48 Å². The third-order valence-corrected chi connectivity index (χ3v) is 2.60. The predicted octanol–water partition coefficient (Wildman–Crippen LogP) is 2.46. The summed E-state index contributed by atoms with van der Waals surface area (Å²) in [6, 6.07) is 9.28. The number of nitrogens with zero attached hydrogens (tertiary/aromatic N) is 2. The van der Waals surface area contributed by atoms with Gasteiger partial charge in [0.05, 0.1) is 0 Å². The number of aromatic nitrogens is 2. The zero-order chi connectivity index (χ0) is 12.3. The van der Waals surface area contributed by atoms with Crippen LogP contribution < -0.4 is 5.32 Å². The van der Waals surface area contributed by atoms with Gasteiger partial charge in [0.2, 0.25) is 0 Å². The first-order chi connectivity index (χ1) is 8.20. The lowest BCUT2D eigenvalue weighted by Crippen LogP contribution is -2.13. The van der Waals surface area contributed by atoms with Crippen molar-refractivity contribution in [2.75, 3.05) is 5.32 Å². The molecule has 0 saturated carbocycles. The van der Waals surface area contributed by atoms with Crippen LogP contribution in [-0.2, 0) is 6.54 Å². The van der Waals surface area contributed by atoms with Gasteiger partial charge in [0.1, 0.15) is 0 Å². The van der Waals surface area contributed by atoms with Gasteiger partial charge < -0.3 is 5.32 Å². The second-order valence-corrected chi connectivity index (χ2v) is 3.83. The minimum atomic E-state index is -0.121. The summed E-state index contributed by atoms with van der Waals surface area (Å²) >= 11 is 0. The molecule has 4 nitrogen and oxygen atoms in total. The van der Waals surface area contributed by atoms with Crippen LogP contribution in [0.5, 0.6) is 0 Å². The van der Waals surface area contributed by atoms with Gasteiger partial charge in [-0.2, -0.15) is 5.10 Å². The maximum absolute atomic E-state index is 12.0. The van der Waals surface area contributed by atoms with Crippen LogP contribution in [0.3, 0.4) is 0 Å². The Morgan fingerprint density at radius 3 is 2.76 bits per heavy atom. The molecule has 0 atom stereocenters. The van der Waals surface area contributed by atoms with Gasteiger partial charge in [-0.25, -0.2) is 0 Å². The number of benzene rings is 1. The second-order valence-electron chi connectivity index (χ2n) is 3.83. The molecule has 0 aliphatic rings. The van der Waals surface area contributed by atoms with Crippen molar-refractivity contribution in [3.63, 3.8) is 0 Å². The van der Waals surface area contributed by atoms with Crippen molar-refractivity contribution in [3.05, 3.63) is 47.7 Å². The molecule has 0 spiro atoms. The minimum Gasteiger partial charge on any atom is -0.305 e. The number of carbonyl (C=O) groups is 1. The molecule has 1 aromatic carbocycles. The highest BCUT2D eigenvalue weighted by Gasteiger charge is 2.09. The van der Waals surface area contributed by atoms with E-state index in [9.17, 15) is 4.79 Å². The van der Waals surface area contributed by atoms with Gasteiger partial charge in [-0.15, -0.1) is 0 Å². The van der Waals surface area contributed by atoms with E-state index < -0.39 is 0 Å². The number of hydrogen-bond donors (Lipinski definition) is 1. The second kappa shape index (κ2) is 4.82. The number of rotatable bonds is 3. The van der Waals surface area contributed by atoms with E-state index in [0.29, 0.717) is 11.4 Å². The van der Waals surface area contributed by atoms with E-state index in [4.69, 9.17) is 0 Å². The number of anilines is 1. The fourth-order valence-corrected chi connectivity index (χ4v) is 1.62. The van der Waals surface area contributed by atoms with Gasteiger partial charge in [0, 0.05) is 24.4 Å². The molecule has 0 aliphatic carbocycles. The van der Waals surface area contributed by atoms with Crippen LogP contribution in [0.1, 0.15) is 22.8 Å². The molecule has 1 N–H and O–H groups in total. The van der Waals surface area contributed by atoms with E-state index in [1.807, 2.05) is 44.3 Å². The first-order valence-corrected chi connectivity index (χ1v) is 5.61. The average Bonchev–Trinajstić information content (AvgIpc) is 2.77. The van der Waals surface area contributed by atoms with Crippen LogP contribution >= 0.6 is 0 Å². The standard InChI is InChI=1S/C13H15N3O/c1-3-16-9-8-12(15-16)14-13(17)11-7-5-4-6-10(11)2/h4-9H,3H2,1-2H3,(H,14,15,17). The Hall–Kier alpha value is -2.10. The summed E-state index contributed by atoms with van der Waals surface area (Å²) in [6.07, 6.45) is 1.84. The summed E-state index contributed by atoms with van der Waals surface area (Å²) in [5.41, 5.74) is 1.64. The van der Waals surface area contributed by atoms with E-state index in [1.54, 1.807) is 10.7 Å². The zero-order valence-electron chi connectivity index (χ0n) is 9.97. The summed E-state index contributed by atoms with van der Waals surface area (Å²) in [5, 5.41) is 6.99. The topological polar surface area (TPSA) is 46.9 Å². The SMILES string of the molecule is CCn1ccc(NC(=O)c2ccccc2C)n1. The Morgan fingerprint density at radius 2 is 2.12 bits per heavy atom. The lowest BCUT2D eigenvalue weighted by molar-refractivity contribution is 0.102. The van der Waals surface area contributed by atoms with Crippen molar-refractivity contribution in [2.45, 2.75) is 20.4 Å². The van der Waals surface area contributed by atoms with Gasteiger partial charge in [-0.1, -0.05) is 18.2 Å². The van der Waals surface area contributed by atoms with E-state index in [0.717, 1.165) is 12.1 Å². The maximum Gasteiger partial charge on any atom is 0.257 e. The van der Waals surface area contributed by atoms with Crippen LogP contribution in [0.4, 0.5) is 5.82 Å². The Morgan fingerprint density at radius 1 is 1.35 bits per heavy atom. The molecule has 4 heteroatoms. The first-order valence-electron chi connectivity index (χ1n) is 5.61. The summed E-state index contributed by atoms with van der Waals surface area (Å²) in [5.74, 6) is 0.463. The molecule has 0 aliphatic heterocycles. The lowest BCUT2D eigenvalue weighted by Gasteiger charge is -2.04. The summed E-state index contributed by atoms with van der Waals surface area (Å²) < 4.78 is 1.77. The van der Waals surface area contributed by atoms with Crippen LogP contribution in [0, 0.1) is 6.92 Å². The molecular formula is C13H15N3O. The van der Waals surface area contributed by atoms with E-state index >= 15 is 0 Å². The van der Waals surface area contributed by atoms with Crippen LogP contribution in [-0.4, -0.2) is 15.7 Å². The Bertz CT molecular complexity index is 531. The average molecular weight is 229 g/mol. The molecule has 2 rings (SSSR count). The third-order valence-electron chi connectivity index (χ3n) is 2.60. The Balaban J connectivity index is 2.14. The number of aryl methyl sites for hydroxylation is 2. The molecule has 0 bridgehead atoms. The molecule has 0 radical (unpaired) electrons. The van der Waals surface area contributed by atoms with Gasteiger partial charge in [0.25, 0.3) is 5.91 Å². The number of hydrogen-bond acceptors (Lipinski definition) is 2. The van der Waals surface area contributed by atoms with Crippen molar-refractivity contribution in [1.82, 2.24) is 9.78 Å². The van der Waals surface area contributed by atoms with Crippen LogP contribution in [0.25, 0.3) is 0 Å². The molecule has 0 unspecified atom stereocenters. The van der Waals surface area contributed by atoms with Crippen LogP contribution in [0.15, 0.2) is 36.5 Å². The molecule has 1 aromatic heterocycles. The monoisotopic (exact) mass is 229 g/mol. The molecule has 17 heavy (non-hydrogen) atoms. The number of carbonyl (C=O) groups excluding carboxylic acids is 1. The van der Waals surface area contributed by atoms with E-state index in [-0.39, 0.29) is 5.91 Å². The van der Waals surface area contributed by atoms with Crippen molar-refractivity contribution in [3.8, 4) is 0 Å². The molecule has 1 amide bonds. The van der Waals surface area contributed by atoms with E-state index in [1.165, 1.54) is 0 Å². The first kappa shape index (κ1) is 11.4. The van der Waals surface area contributed by atoms with Crippen molar-refractivity contribution >= 4 is 11.7 Å². The normalized spacial score (nSPS) is 10.2. The fraction of sp³-hybridized carbons (Fsp3) is 0.231. The highest BCUT2D eigenvalue weighted by molar-refractivity contribution is 6.04. The minimum absolute atomic E-state index is 0.121. The van der Waals surface area contributed by atoms with Gasteiger partial charge >= 0.3 is 0 Å². The zero-order valence-corrected chi connectivity index (χ0v) is 9.97. The lowest BCUT2D eigenvalue weighted by atomic mass is 10.1. The molecule has 2 aromatic rings. The smallest absolute Gasteiger partial charge is 0.257 e. The van der Waals surface area contributed by atoms with Gasteiger partial charge in [0.15, 0.2) is 5.82 Å². The summed E-state index contributed by atoms with van der Waals surface area (Å²) in [4.78, 5) is 12.0. The molecule has 1 heterocycles. The third kappa shape index (κ3) is 2.53. The maximum atomic E-state index is 12.0. The van der Waals surface area contributed by atoms with Crippen LogP contribution in [0.2, 0.25) is 0 Å². The fourth-order valence-electron chi connectivity index (χ4n) is 1.62. The highest BCUT2D eigenvalue weighted by Crippen LogP contribution is 2.10. The quantitative estimate of drug-likeness (QED) is 0.878. The van der Waals surface area contributed by atoms with E-state index in [2.05, 4.69) is 10.4 Å². The Kier molecular flexibility index (Phi) is 3.23. The predicted molar refractivity (Wildman–Crippen MR) is 67.0 cm³/mol. The summed E-state index contributed by atoms with van der Waals surface area (Å²) in [7, 11) is 0. The highest BCUT2D eigenvalue weighted by atomic mass is 16.1. The molecule has 0 saturated heterocycles. The molecule has 0 fully saturated rings. The van der Waals surface area contributed by atoms with Crippen molar-refractivity contribution < 1.29 is 4.79 Å². The molecule has 88 valence electrons. The molecular weight excluding hydrogens is 214 g/mol. The Labute approximate surface area is 100 Å².